The average Bonchev–Trinajstić information content (AvgIpc) is 2.49. The van der Waals surface area contributed by atoms with Crippen molar-refractivity contribution < 1.29 is 19.4 Å². The topological polar surface area (TPSA) is 81.8 Å². The Balaban J connectivity index is 2.32. The van der Waals surface area contributed by atoms with Crippen LogP contribution in [0.25, 0.3) is 0 Å². The zero-order valence-electron chi connectivity index (χ0n) is 11.0. The highest BCUT2D eigenvalue weighted by Gasteiger charge is 2.12. The van der Waals surface area contributed by atoms with Crippen LogP contribution in [0, 0.1) is 0 Å². The number of rotatable bonds is 4. The Morgan fingerprint density at radius 1 is 1.25 bits per heavy atom. The lowest BCUT2D eigenvalue weighted by Crippen LogP contribution is -2.05. The monoisotopic (exact) mass is 273 g/mol. The number of aliphatic hydroxyl groups excluding tert-OH is 1. The molecule has 0 fully saturated rings. The number of para-hydroxylation sites is 1. The second kappa shape index (κ2) is 6.08. The standard InChI is InChI=1S/C15H15NO4/c1-19-15(18)12-8-11(6-7-13(12)16)20-14-5-3-2-4-10(14)9-17/h2-8,17H,9,16H2,1H3. The smallest absolute Gasteiger partial charge is 0.340 e. The Kier molecular flexibility index (Phi) is 4.22. The van der Waals surface area contributed by atoms with E-state index in [0.29, 0.717) is 22.7 Å². The third kappa shape index (κ3) is 2.89. The maximum Gasteiger partial charge on any atom is 0.340 e. The van der Waals surface area contributed by atoms with Crippen LogP contribution >= 0.6 is 0 Å². The minimum Gasteiger partial charge on any atom is -0.465 e. The van der Waals surface area contributed by atoms with E-state index < -0.39 is 5.97 Å². The lowest BCUT2D eigenvalue weighted by atomic mass is 10.1. The summed E-state index contributed by atoms with van der Waals surface area (Å²) in [5.74, 6) is 0.444. The summed E-state index contributed by atoms with van der Waals surface area (Å²) >= 11 is 0. The van der Waals surface area contributed by atoms with Crippen LogP contribution in [0.4, 0.5) is 5.69 Å². The number of hydrogen-bond acceptors (Lipinski definition) is 5. The highest BCUT2D eigenvalue weighted by molar-refractivity contribution is 5.95. The van der Waals surface area contributed by atoms with Crippen molar-refractivity contribution >= 4 is 11.7 Å². The summed E-state index contributed by atoms with van der Waals surface area (Å²) in [4.78, 5) is 11.6. The van der Waals surface area contributed by atoms with E-state index in [1.165, 1.54) is 13.2 Å². The van der Waals surface area contributed by atoms with Gasteiger partial charge in [0.25, 0.3) is 0 Å². The van der Waals surface area contributed by atoms with Crippen molar-refractivity contribution in [2.24, 2.45) is 0 Å². The minimum absolute atomic E-state index is 0.130. The lowest BCUT2D eigenvalue weighted by molar-refractivity contribution is 0.0601. The summed E-state index contributed by atoms with van der Waals surface area (Å²) in [5.41, 5.74) is 6.94. The molecule has 0 aliphatic rings. The van der Waals surface area contributed by atoms with Gasteiger partial charge in [-0.15, -0.1) is 0 Å². The molecule has 3 N–H and O–H groups in total. The van der Waals surface area contributed by atoms with E-state index >= 15 is 0 Å². The van der Waals surface area contributed by atoms with Crippen LogP contribution in [0.2, 0.25) is 0 Å². The molecule has 0 aliphatic heterocycles. The molecule has 2 aromatic rings. The van der Waals surface area contributed by atoms with Crippen LogP contribution < -0.4 is 10.5 Å². The van der Waals surface area contributed by atoms with Crippen molar-refractivity contribution in [3.8, 4) is 11.5 Å². The van der Waals surface area contributed by atoms with Crippen LogP contribution in [0.1, 0.15) is 15.9 Å². The molecular formula is C15H15NO4. The van der Waals surface area contributed by atoms with Crippen molar-refractivity contribution in [2.75, 3.05) is 12.8 Å². The van der Waals surface area contributed by atoms with Gasteiger partial charge in [0.05, 0.1) is 19.3 Å². The number of carbonyl (C=O) groups is 1. The van der Waals surface area contributed by atoms with E-state index in [9.17, 15) is 9.90 Å². The van der Waals surface area contributed by atoms with Crippen LogP contribution in [0.5, 0.6) is 11.5 Å². The van der Waals surface area contributed by atoms with Gasteiger partial charge in [0.15, 0.2) is 0 Å². The Morgan fingerprint density at radius 2 is 2.00 bits per heavy atom. The molecule has 0 atom stereocenters. The van der Waals surface area contributed by atoms with Crippen molar-refractivity contribution in [3.05, 3.63) is 53.6 Å². The Morgan fingerprint density at radius 3 is 2.70 bits per heavy atom. The fourth-order valence-corrected chi connectivity index (χ4v) is 1.75. The first kappa shape index (κ1) is 13.9. The molecule has 0 aromatic heterocycles. The van der Waals surface area contributed by atoms with Crippen molar-refractivity contribution in [3.63, 3.8) is 0 Å². The van der Waals surface area contributed by atoms with Gasteiger partial charge in [0.1, 0.15) is 11.5 Å². The van der Waals surface area contributed by atoms with Gasteiger partial charge in [-0.2, -0.15) is 0 Å². The van der Waals surface area contributed by atoms with E-state index in [1.807, 2.05) is 0 Å². The predicted molar refractivity (Wildman–Crippen MR) is 74.6 cm³/mol. The third-order valence-electron chi connectivity index (χ3n) is 2.80. The number of anilines is 1. The summed E-state index contributed by atoms with van der Waals surface area (Å²) in [7, 11) is 1.29. The van der Waals surface area contributed by atoms with Gasteiger partial charge in [-0.25, -0.2) is 4.79 Å². The fraction of sp³-hybridized carbons (Fsp3) is 0.133. The molecule has 0 unspecified atom stereocenters. The van der Waals surface area contributed by atoms with Gasteiger partial charge < -0.3 is 20.3 Å². The summed E-state index contributed by atoms with van der Waals surface area (Å²) < 4.78 is 10.3. The van der Waals surface area contributed by atoms with E-state index in [0.717, 1.165) is 0 Å². The quantitative estimate of drug-likeness (QED) is 0.660. The Bertz CT molecular complexity index is 625. The van der Waals surface area contributed by atoms with Crippen molar-refractivity contribution in [1.29, 1.82) is 0 Å². The Hall–Kier alpha value is -2.53. The van der Waals surface area contributed by atoms with Gasteiger partial charge in [-0.3, -0.25) is 0 Å². The second-order valence-electron chi connectivity index (χ2n) is 4.11. The predicted octanol–water partition coefficient (Wildman–Crippen LogP) is 2.34. The van der Waals surface area contributed by atoms with E-state index in [4.69, 9.17) is 10.5 Å². The second-order valence-corrected chi connectivity index (χ2v) is 4.11. The zero-order valence-corrected chi connectivity index (χ0v) is 11.0. The van der Waals surface area contributed by atoms with Crippen molar-refractivity contribution in [2.45, 2.75) is 6.61 Å². The number of ether oxygens (including phenoxy) is 2. The number of nitrogens with two attached hydrogens (primary N) is 1. The van der Waals surface area contributed by atoms with Crippen LogP contribution in [-0.2, 0) is 11.3 Å². The van der Waals surface area contributed by atoms with Gasteiger partial charge in [0, 0.05) is 11.3 Å². The maximum absolute atomic E-state index is 11.6. The zero-order chi connectivity index (χ0) is 14.5. The number of methoxy groups -OCH3 is 1. The minimum atomic E-state index is -0.525. The summed E-state index contributed by atoms with van der Waals surface area (Å²) in [5, 5.41) is 9.25. The van der Waals surface area contributed by atoms with E-state index in [-0.39, 0.29) is 12.2 Å². The molecule has 0 aliphatic carbocycles. The van der Waals surface area contributed by atoms with Crippen molar-refractivity contribution in [1.82, 2.24) is 0 Å². The third-order valence-corrected chi connectivity index (χ3v) is 2.80. The van der Waals surface area contributed by atoms with E-state index in [2.05, 4.69) is 4.74 Å². The molecule has 0 saturated heterocycles. The summed E-state index contributed by atoms with van der Waals surface area (Å²) in [6.07, 6.45) is 0. The number of carbonyl (C=O) groups excluding carboxylic acids is 1. The number of aliphatic hydroxyl groups is 1. The van der Waals surface area contributed by atoms with Gasteiger partial charge in [-0.1, -0.05) is 18.2 Å². The molecule has 0 heterocycles. The molecule has 2 rings (SSSR count). The molecule has 0 amide bonds. The first-order chi connectivity index (χ1) is 9.65. The van der Waals surface area contributed by atoms with Crippen LogP contribution in [0.15, 0.2) is 42.5 Å². The summed E-state index contributed by atoms with van der Waals surface area (Å²) in [6.45, 7) is -0.130. The molecule has 20 heavy (non-hydrogen) atoms. The molecule has 0 bridgehead atoms. The van der Waals surface area contributed by atoms with Crippen LogP contribution in [0.3, 0.4) is 0 Å². The Labute approximate surface area is 116 Å². The number of benzene rings is 2. The highest BCUT2D eigenvalue weighted by Crippen LogP contribution is 2.28. The van der Waals surface area contributed by atoms with Gasteiger partial charge in [0.2, 0.25) is 0 Å². The van der Waals surface area contributed by atoms with E-state index in [1.54, 1.807) is 36.4 Å². The lowest BCUT2D eigenvalue weighted by Gasteiger charge is -2.11. The first-order valence-corrected chi connectivity index (χ1v) is 6.00. The molecule has 0 saturated carbocycles. The number of esters is 1. The fourth-order valence-electron chi connectivity index (χ4n) is 1.75. The van der Waals surface area contributed by atoms with Gasteiger partial charge in [-0.05, 0) is 24.3 Å². The normalized spacial score (nSPS) is 10.1. The summed E-state index contributed by atoms with van der Waals surface area (Å²) in [6, 6.07) is 11.8. The molecule has 2 aromatic carbocycles. The molecule has 0 spiro atoms. The van der Waals surface area contributed by atoms with Gasteiger partial charge >= 0.3 is 5.97 Å². The molecule has 104 valence electrons. The largest absolute Gasteiger partial charge is 0.465 e. The molecular weight excluding hydrogens is 258 g/mol. The molecule has 5 nitrogen and oxygen atoms in total. The number of nitrogen functional groups attached to an aromatic ring is 1. The molecule has 0 radical (unpaired) electrons. The maximum atomic E-state index is 11.6. The highest BCUT2D eigenvalue weighted by atomic mass is 16.5. The number of hydrogen-bond donors (Lipinski definition) is 2. The molecule has 5 heteroatoms. The first-order valence-electron chi connectivity index (χ1n) is 6.00. The van der Waals surface area contributed by atoms with Crippen LogP contribution in [-0.4, -0.2) is 18.2 Å². The average molecular weight is 273 g/mol. The SMILES string of the molecule is COC(=O)c1cc(Oc2ccccc2CO)ccc1N.